The molecule has 0 spiro atoms. The van der Waals surface area contributed by atoms with Gasteiger partial charge >= 0.3 is 0 Å². The summed E-state index contributed by atoms with van der Waals surface area (Å²) >= 11 is 3.46. The molecule has 0 unspecified atom stereocenters. The van der Waals surface area contributed by atoms with Gasteiger partial charge in [-0.1, -0.05) is 22.0 Å². The molecule has 0 aliphatic carbocycles. The normalized spacial score (nSPS) is 10.5. The summed E-state index contributed by atoms with van der Waals surface area (Å²) in [6.45, 7) is 3.37. The Morgan fingerprint density at radius 1 is 1.41 bits per heavy atom. The van der Waals surface area contributed by atoms with E-state index in [9.17, 15) is 0 Å². The molecular formula is C12H14BrN3O. The van der Waals surface area contributed by atoms with Crippen LogP contribution >= 0.6 is 15.9 Å². The topological polar surface area (TPSA) is 53.1 Å². The summed E-state index contributed by atoms with van der Waals surface area (Å²) in [7, 11) is 0. The predicted molar refractivity (Wildman–Crippen MR) is 70.0 cm³/mol. The maximum absolute atomic E-state index is 5.69. The van der Waals surface area contributed by atoms with Crippen molar-refractivity contribution in [2.75, 3.05) is 0 Å². The summed E-state index contributed by atoms with van der Waals surface area (Å²) in [5.74, 6) is 1.50. The first-order valence-electron chi connectivity index (χ1n) is 5.41. The van der Waals surface area contributed by atoms with E-state index < -0.39 is 0 Å². The molecule has 1 heterocycles. The summed E-state index contributed by atoms with van der Waals surface area (Å²) in [6.07, 6.45) is 3.57. The average molecular weight is 296 g/mol. The van der Waals surface area contributed by atoms with Crippen molar-refractivity contribution in [2.24, 2.45) is 5.73 Å². The molecule has 0 radical (unpaired) electrons. The van der Waals surface area contributed by atoms with Gasteiger partial charge < -0.3 is 10.5 Å². The Morgan fingerprint density at radius 3 is 2.82 bits per heavy atom. The fourth-order valence-corrected chi connectivity index (χ4v) is 1.98. The molecule has 4 nitrogen and oxygen atoms in total. The number of halogens is 1. The Morgan fingerprint density at radius 2 is 2.24 bits per heavy atom. The van der Waals surface area contributed by atoms with Crippen molar-refractivity contribution in [3.05, 3.63) is 40.6 Å². The second-order valence-electron chi connectivity index (χ2n) is 3.59. The van der Waals surface area contributed by atoms with Crippen LogP contribution in [0.2, 0.25) is 0 Å². The van der Waals surface area contributed by atoms with Crippen LogP contribution in [0.3, 0.4) is 0 Å². The number of hydrogen-bond acceptors (Lipinski definition) is 3. The number of aryl methyl sites for hydroxylation is 1. The van der Waals surface area contributed by atoms with Gasteiger partial charge in [0.05, 0.1) is 12.4 Å². The van der Waals surface area contributed by atoms with Gasteiger partial charge in [-0.3, -0.25) is 4.68 Å². The Balaban J connectivity index is 2.15. The van der Waals surface area contributed by atoms with Crippen molar-refractivity contribution in [3.63, 3.8) is 0 Å². The van der Waals surface area contributed by atoms with Crippen molar-refractivity contribution in [2.45, 2.75) is 20.0 Å². The number of aromatic nitrogens is 2. The van der Waals surface area contributed by atoms with Gasteiger partial charge in [0.2, 0.25) is 0 Å². The molecule has 0 amide bonds. The molecule has 2 aromatic rings. The molecule has 17 heavy (non-hydrogen) atoms. The first-order chi connectivity index (χ1) is 8.22. The van der Waals surface area contributed by atoms with Gasteiger partial charge in [0, 0.05) is 17.6 Å². The second-order valence-corrected chi connectivity index (χ2v) is 4.45. The zero-order valence-corrected chi connectivity index (χ0v) is 11.1. The van der Waals surface area contributed by atoms with Gasteiger partial charge in [0.25, 0.3) is 0 Å². The monoisotopic (exact) mass is 295 g/mol. The molecule has 5 heteroatoms. The number of rotatable bonds is 4. The molecule has 0 fully saturated rings. The lowest BCUT2D eigenvalue weighted by atomic mass is 10.2. The lowest BCUT2D eigenvalue weighted by molar-refractivity contribution is 0.480. The molecule has 0 saturated heterocycles. The molecule has 1 aromatic carbocycles. The highest BCUT2D eigenvalue weighted by molar-refractivity contribution is 9.10. The highest BCUT2D eigenvalue weighted by Gasteiger charge is 2.03. The third-order valence-electron chi connectivity index (χ3n) is 2.41. The summed E-state index contributed by atoms with van der Waals surface area (Å²) in [6, 6.07) is 5.76. The number of hydrogen-bond donors (Lipinski definition) is 1. The first-order valence-corrected chi connectivity index (χ1v) is 6.21. The molecule has 0 saturated carbocycles. The first kappa shape index (κ1) is 12.1. The lowest BCUT2D eigenvalue weighted by Gasteiger charge is -2.06. The van der Waals surface area contributed by atoms with Crippen LogP contribution in [0.25, 0.3) is 0 Å². The maximum Gasteiger partial charge on any atom is 0.165 e. The van der Waals surface area contributed by atoms with E-state index in [2.05, 4.69) is 21.0 Å². The number of ether oxygens (including phenoxy) is 1. The molecular weight excluding hydrogens is 282 g/mol. The summed E-state index contributed by atoms with van der Waals surface area (Å²) in [5, 5.41) is 4.15. The van der Waals surface area contributed by atoms with Crippen molar-refractivity contribution in [1.82, 2.24) is 9.78 Å². The standard InChI is InChI=1S/C12H14BrN3O/c1-2-16-8-11(7-15-16)17-10-4-3-9(6-14)12(13)5-10/h3-5,7-8H,2,6,14H2,1H3. The van der Waals surface area contributed by atoms with Crippen molar-refractivity contribution in [1.29, 1.82) is 0 Å². The van der Waals surface area contributed by atoms with E-state index in [-0.39, 0.29) is 0 Å². The van der Waals surface area contributed by atoms with Crippen molar-refractivity contribution in [3.8, 4) is 11.5 Å². The quantitative estimate of drug-likeness (QED) is 0.943. The van der Waals surface area contributed by atoms with E-state index >= 15 is 0 Å². The van der Waals surface area contributed by atoms with Gasteiger partial charge in [0.1, 0.15) is 5.75 Å². The summed E-state index contributed by atoms with van der Waals surface area (Å²) < 4.78 is 8.46. The van der Waals surface area contributed by atoms with E-state index in [4.69, 9.17) is 10.5 Å². The van der Waals surface area contributed by atoms with Gasteiger partial charge in [-0.15, -0.1) is 0 Å². The molecule has 90 valence electrons. The molecule has 0 atom stereocenters. The van der Waals surface area contributed by atoms with E-state index in [0.717, 1.165) is 28.1 Å². The van der Waals surface area contributed by atoms with E-state index in [1.54, 1.807) is 6.20 Å². The lowest BCUT2D eigenvalue weighted by Crippen LogP contribution is -1.97. The molecule has 2 N–H and O–H groups in total. The molecule has 0 aliphatic heterocycles. The predicted octanol–water partition coefficient (Wildman–Crippen LogP) is 2.92. The average Bonchev–Trinajstić information content (AvgIpc) is 2.77. The summed E-state index contributed by atoms with van der Waals surface area (Å²) in [5.41, 5.74) is 6.65. The number of benzene rings is 1. The fourth-order valence-electron chi connectivity index (χ4n) is 1.46. The zero-order valence-electron chi connectivity index (χ0n) is 9.56. The Kier molecular flexibility index (Phi) is 3.81. The minimum absolute atomic E-state index is 0.509. The minimum atomic E-state index is 0.509. The van der Waals surface area contributed by atoms with Crippen LogP contribution in [0, 0.1) is 0 Å². The molecule has 0 aliphatic rings. The van der Waals surface area contributed by atoms with Crippen molar-refractivity contribution < 1.29 is 4.74 Å². The molecule has 2 rings (SSSR count). The minimum Gasteiger partial charge on any atom is -0.454 e. The summed E-state index contributed by atoms with van der Waals surface area (Å²) in [4.78, 5) is 0. The van der Waals surface area contributed by atoms with Crippen LogP contribution in [0.5, 0.6) is 11.5 Å². The van der Waals surface area contributed by atoms with Crippen molar-refractivity contribution >= 4 is 15.9 Å². The van der Waals surface area contributed by atoms with Crippen LogP contribution < -0.4 is 10.5 Å². The van der Waals surface area contributed by atoms with Crippen LogP contribution in [0.4, 0.5) is 0 Å². The van der Waals surface area contributed by atoms with Crippen LogP contribution in [-0.4, -0.2) is 9.78 Å². The largest absolute Gasteiger partial charge is 0.454 e. The van der Waals surface area contributed by atoms with Crippen LogP contribution in [-0.2, 0) is 13.1 Å². The third kappa shape index (κ3) is 2.87. The highest BCUT2D eigenvalue weighted by Crippen LogP contribution is 2.26. The Hall–Kier alpha value is -1.33. The molecule has 1 aromatic heterocycles. The van der Waals surface area contributed by atoms with E-state index in [0.29, 0.717) is 6.54 Å². The second kappa shape index (κ2) is 5.33. The number of nitrogens with two attached hydrogens (primary N) is 1. The highest BCUT2D eigenvalue weighted by atomic mass is 79.9. The Bertz CT molecular complexity index is 510. The maximum atomic E-state index is 5.69. The van der Waals surface area contributed by atoms with Gasteiger partial charge in [-0.05, 0) is 24.6 Å². The SMILES string of the molecule is CCn1cc(Oc2ccc(CN)c(Br)c2)cn1. The smallest absolute Gasteiger partial charge is 0.165 e. The van der Waals surface area contributed by atoms with E-state index in [1.807, 2.05) is 36.0 Å². The van der Waals surface area contributed by atoms with Crippen LogP contribution in [0.1, 0.15) is 12.5 Å². The zero-order chi connectivity index (χ0) is 12.3. The third-order valence-corrected chi connectivity index (χ3v) is 3.15. The number of nitrogens with zero attached hydrogens (tertiary/aromatic N) is 2. The van der Waals surface area contributed by atoms with E-state index in [1.165, 1.54) is 0 Å². The van der Waals surface area contributed by atoms with Crippen LogP contribution in [0.15, 0.2) is 35.1 Å². The van der Waals surface area contributed by atoms with Gasteiger partial charge in [-0.25, -0.2) is 0 Å². The molecule has 0 bridgehead atoms. The van der Waals surface area contributed by atoms with Gasteiger partial charge in [0.15, 0.2) is 5.75 Å². The Labute approximate surface area is 109 Å². The fraction of sp³-hybridized carbons (Fsp3) is 0.250. The van der Waals surface area contributed by atoms with Gasteiger partial charge in [-0.2, -0.15) is 5.10 Å².